The summed E-state index contributed by atoms with van der Waals surface area (Å²) in [6.45, 7) is 9.41. The van der Waals surface area contributed by atoms with Crippen molar-refractivity contribution in [3.8, 4) is 0 Å². The minimum atomic E-state index is -2.54. The second-order valence-electron chi connectivity index (χ2n) is 8.65. The molecule has 29 heavy (non-hydrogen) atoms. The van der Waals surface area contributed by atoms with E-state index in [9.17, 15) is 0 Å². The summed E-state index contributed by atoms with van der Waals surface area (Å²) in [4.78, 5) is 0. The maximum atomic E-state index is 7.01. The van der Waals surface area contributed by atoms with Crippen LogP contribution in [0.2, 0.25) is 5.04 Å². The molecule has 4 nitrogen and oxygen atoms in total. The lowest BCUT2D eigenvalue weighted by Gasteiger charge is -2.43. The molecule has 1 aliphatic heterocycles. The SMILES string of the molecule is COCCO[C@H](CO[Si](c1ccccc1)(c1ccccc1)C(C)(C)C)C[C@H]1CO1. The van der Waals surface area contributed by atoms with Gasteiger partial charge in [-0.25, -0.2) is 0 Å². The van der Waals surface area contributed by atoms with E-state index in [2.05, 4.69) is 81.4 Å². The van der Waals surface area contributed by atoms with Crippen molar-refractivity contribution >= 4 is 18.7 Å². The Morgan fingerprint density at radius 3 is 1.97 bits per heavy atom. The minimum absolute atomic E-state index is 0.000649. The largest absolute Gasteiger partial charge is 0.405 e. The summed E-state index contributed by atoms with van der Waals surface area (Å²) in [5, 5.41) is 2.54. The molecule has 0 amide bonds. The van der Waals surface area contributed by atoms with E-state index in [0.29, 0.717) is 25.9 Å². The van der Waals surface area contributed by atoms with Crippen molar-refractivity contribution in [3.63, 3.8) is 0 Å². The highest BCUT2D eigenvalue weighted by atomic mass is 28.4. The van der Waals surface area contributed by atoms with E-state index in [1.165, 1.54) is 10.4 Å². The van der Waals surface area contributed by atoms with Crippen LogP contribution in [0.4, 0.5) is 0 Å². The van der Waals surface area contributed by atoms with Crippen LogP contribution in [0.5, 0.6) is 0 Å². The Hall–Kier alpha value is -1.50. The standard InChI is InChI=1S/C24H34O4Si/c1-24(2,3)29(22-11-7-5-8-12-22,23-13-9-6-10-14-23)28-19-21(17-20-18-27-20)26-16-15-25-4/h5-14,20-21H,15-19H2,1-4H3/t20-,21-/m0/s1. The Labute approximate surface area is 176 Å². The van der Waals surface area contributed by atoms with Crippen molar-refractivity contribution in [1.29, 1.82) is 0 Å². The van der Waals surface area contributed by atoms with Crippen LogP contribution in [0.15, 0.2) is 60.7 Å². The average Bonchev–Trinajstić information content (AvgIpc) is 3.53. The first-order valence-corrected chi connectivity index (χ1v) is 12.4. The molecule has 3 rings (SSSR count). The predicted molar refractivity (Wildman–Crippen MR) is 120 cm³/mol. The number of methoxy groups -OCH3 is 1. The van der Waals surface area contributed by atoms with Gasteiger partial charge in [0, 0.05) is 13.5 Å². The summed E-state index contributed by atoms with van der Waals surface area (Å²) < 4.78 is 23.7. The third-order valence-electron chi connectivity index (χ3n) is 5.47. The topological polar surface area (TPSA) is 40.2 Å². The van der Waals surface area contributed by atoms with Crippen molar-refractivity contribution in [1.82, 2.24) is 0 Å². The van der Waals surface area contributed by atoms with E-state index in [1.807, 2.05) is 0 Å². The molecule has 5 heteroatoms. The first kappa shape index (κ1) is 22.2. The molecule has 0 unspecified atom stereocenters. The summed E-state index contributed by atoms with van der Waals surface area (Å²) in [6, 6.07) is 21.4. The number of ether oxygens (including phenoxy) is 3. The number of hydrogen-bond donors (Lipinski definition) is 0. The highest BCUT2D eigenvalue weighted by Gasteiger charge is 2.50. The molecule has 1 fully saturated rings. The average molecular weight is 415 g/mol. The summed E-state index contributed by atoms with van der Waals surface area (Å²) >= 11 is 0. The Morgan fingerprint density at radius 2 is 1.52 bits per heavy atom. The van der Waals surface area contributed by atoms with Crippen molar-refractivity contribution < 1.29 is 18.6 Å². The quantitative estimate of drug-likeness (QED) is 0.321. The van der Waals surface area contributed by atoms with E-state index in [1.54, 1.807) is 7.11 Å². The zero-order valence-corrected chi connectivity index (χ0v) is 19.1. The molecular formula is C24H34O4Si. The third-order valence-corrected chi connectivity index (χ3v) is 10.5. The van der Waals surface area contributed by atoms with Gasteiger partial charge in [0.15, 0.2) is 0 Å². The lowest BCUT2D eigenvalue weighted by Crippen LogP contribution is -2.67. The van der Waals surface area contributed by atoms with E-state index >= 15 is 0 Å². The predicted octanol–water partition coefficient (Wildman–Crippen LogP) is 3.38. The highest BCUT2D eigenvalue weighted by molar-refractivity contribution is 6.99. The van der Waals surface area contributed by atoms with Crippen molar-refractivity contribution in [3.05, 3.63) is 60.7 Å². The molecule has 0 saturated carbocycles. The van der Waals surface area contributed by atoms with E-state index in [0.717, 1.165) is 13.0 Å². The van der Waals surface area contributed by atoms with Crippen molar-refractivity contribution in [2.45, 2.75) is 44.4 Å². The van der Waals surface area contributed by atoms with Gasteiger partial charge >= 0.3 is 0 Å². The highest BCUT2D eigenvalue weighted by Crippen LogP contribution is 2.37. The van der Waals surface area contributed by atoms with Gasteiger partial charge in [0.2, 0.25) is 0 Å². The Kier molecular flexibility index (Phi) is 7.65. The fourth-order valence-electron chi connectivity index (χ4n) is 3.96. The summed E-state index contributed by atoms with van der Waals surface area (Å²) in [5.41, 5.74) is 0. The second-order valence-corrected chi connectivity index (χ2v) is 13.0. The van der Waals surface area contributed by atoms with Crippen molar-refractivity contribution in [2.24, 2.45) is 0 Å². The molecule has 0 aliphatic carbocycles. The number of benzene rings is 2. The van der Waals surface area contributed by atoms with Crippen LogP contribution in [-0.4, -0.2) is 54.1 Å². The maximum absolute atomic E-state index is 7.01. The summed E-state index contributed by atoms with van der Waals surface area (Å²) in [5.74, 6) is 0. The van der Waals surface area contributed by atoms with Crippen LogP contribution in [-0.2, 0) is 18.6 Å². The fraction of sp³-hybridized carbons (Fsp3) is 0.500. The Balaban J connectivity index is 1.91. The van der Waals surface area contributed by atoms with E-state index in [-0.39, 0.29) is 11.1 Å². The van der Waals surface area contributed by atoms with Crippen LogP contribution in [0.3, 0.4) is 0 Å². The van der Waals surface area contributed by atoms with Gasteiger partial charge in [-0.15, -0.1) is 0 Å². The molecule has 1 aliphatic rings. The molecule has 0 bridgehead atoms. The normalized spacial score (nSPS) is 17.9. The van der Waals surface area contributed by atoms with Gasteiger partial charge in [-0.2, -0.15) is 0 Å². The van der Waals surface area contributed by atoms with E-state index in [4.69, 9.17) is 18.6 Å². The number of hydrogen-bond acceptors (Lipinski definition) is 4. The monoisotopic (exact) mass is 414 g/mol. The van der Waals surface area contributed by atoms with Crippen LogP contribution >= 0.6 is 0 Å². The maximum Gasteiger partial charge on any atom is 0.261 e. The smallest absolute Gasteiger partial charge is 0.261 e. The molecular weight excluding hydrogens is 380 g/mol. The van der Waals surface area contributed by atoms with Crippen LogP contribution in [0, 0.1) is 0 Å². The molecule has 158 valence electrons. The third kappa shape index (κ3) is 5.56. The molecule has 2 aromatic carbocycles. The fourth-order valence-corrected chi connectivity index (χ4v) is 8.55. The van der Waals surface area contributed by atoms with Gasteiger partial charge in [0.25, 0.3) is 8.32 Å². The molecule has 0 radical (unpaired) electrons. The molecule has 1 heterocycles. The summed E-state index contributed by atoms with van der Waals surface area (Å²) in [6.07, 6.45) is 1.16. The Bertz CT molecular complexity index is 686. The second kappa shape index (κ2) is 10.0. The van der Waals surface area contributed by atoms with Gasteiger partial charge in [0.1, 0.15) is 0 Å². The minimum Gasteiger partial charge on any atom is -0.405 e. The molecule has 0 spiro atoms. The van der Waals surface area contributed by atoms with Gasteiger partial charge in [-0.05, 0) is 15.4 Å². The molecule has 0 N–H and O–H groups in total. The lowest BCUT2D eigenvalue weighted by atomic mass is 10.2. The van der Waals surface area contributed by atoms with Crippen LogP contribution in [0.25, 0.3) is 0 Å². The van der Waals surface area contributed by atoms with Crippen LogP contribution in [0.1, 0.15) is 27.2 Å². The lowest BCUT2D eigenvalue weighted by molar-refractivity contribution is -0.0142. The van der Waals surface area contributed by atoms with Gasteiger partial charge in [-0.1, -0.05) is 81.4 Å². The van der Waals surface area contributed by atoms with Crippen LogP contribution < -0.4 is 10.4 Å². The molecule has 2 aromatic rings. The summed E-state index contributed by atoms with van der Waals surface area (Å²) in [7, 11) is -0.847. The van der Waals surface area contributed by atoms with Crippen molar-refractivity contribution in [2.75, 3.05) is 33.5 Å². The van der Waals surface area contributed by atoms with E-state index < -0.39 is 8.32 Å². The molecule has 0 aromatic heterocycles. The van der Waals surface area contributed by atoms with Gasteiger partial charge in [0.05, 0.1) is 38.6 Å². The first-order chi connectivity index (χ1) is 14.0. The first-order valence-electron chi connectivity index (χ1n) is 10.4. The number of epoxide rings is 1. The zero-order valence-electron chi connectivity index (χ0n) is 18.1. The van der Waals surface area contributed by atoms with Gasteiger partial charge < -0.3 is 18.6 Å². The number of rotatable bonds is 11. The molecule has 2 atom stereocenters. The zero-order chi connectivity index (χ0) is 20.7. The molecule has 1 saturated heterocycles. The Morgan fingerprint density at radius 1 is 0.966 bits per heavy atom. The van der Waals surface area contributed by atoms with Gasteiger partial charge in [-0.3, -0.25) is 0 Å².